The molecule has 0 fully saturated rings. The van der Waals surface area contributed by atoms with Gasteiger partial charge in [0.2, 0.25) is 0 Å². The average Bonchev–Trinajstić information content (AvgIpc) is 2.57. The summed E-state index contributed by atoms with van der Waals surface area (Å²) in [6.07, 6.45) is 0. The van der Waals surface area contributed by atoms with Crippen molar-refractivity contribution in [2.75, 3.05) is 0 Å². The smallest absolute Gasteiger partial charge is 0.0761 e. The maximum atomic E-state index is 6.23. The molecular weight excluding hydrogens is 418 g/mol. The maximum absolute atomic E-state index is 6.23. The van der Waals surface area contributed by atoms with E-state index in [2.05, 4.69) is 53.9 Å². The van der Waals surface area contributed by atoms with Crippen LogP contribution in [0.3, 0.4) is 0 Å². The van der Waals surface area contributed by atoms with E-state index in [1.165, 1.54) is 0 Å². The first-order valence-electron chi connectivity index (χ1n) is 4.53. The van der Waals surface area contributed by atoms with Gasteiger partial charge in [-0.2, -0.15) is 0 Å². The minimum atomic E-state index is -0.102. The highest BCUT2D eigenvalue weighted by Crippen LogP contribution is 2.37. The van der Waals surface area contributed by atoms with Crippen LogP contribution in [-0.2, 0) is 0 Å². The molecule has 0 amide bonds. The topological polar surface area (TPSA) is 26.0 Å². The third-order valence-corrected chi connectivity index (χ3v) is 5.10. The standard InChI is InChI=1S/C11H8Br3NS/c12-7-3-1-2-6(4-7)10(15)8-5-9(13)16-11(8)14/h1-5,10H,15H2. The van der Waals surface area contributed by atoms with Crippen molar-refractivity contribution < 1.29 is 0 Å². The summed E-state index contributed by atoms with van der Waals surface area (Å²) < 4.78 is 3.21. The molecule has 2 N–H and O–H groups in total. The van der Waals surface area contributed by atoms with Gasteiger partial charge in [0.05, 0.1) is 13.6 Å². The van der Waals surface area contributed by atoms with E-state index >= 15 is 0 Å². The van der Waals surface area contributed by atoms with Crippen LogP contribution in [0.2, 0.25) is 0 Å². The lowest BCUT2D eigenvalue weighted by Gasteiger charge is -2.11. The average molecular weight is 426 g/mol. The molecule has 0 saturated carbocycles. The summed E-state index contributed by atoms with van der Waals surface area (Å²) in [4.78, 5) is 0. The normalized spacial score (nSPS) is 12.8. The Hall–Kier alpha value is 0.320. The summed E-state index contributed by atoms with van der Waals surface area (Å²) >= 11 is 12.1. The minimum absolute atomic E-state index is 0.102. The predicted octanol–water partition coefficient (Wildman–Crippen LogP) is 5.08. The molecule has 0 radical (unpaired) electrons. The highest BCUT2D eigenvalue weighted by Gasteiger charge is 2.15. The molecular formula is C11H8Br3NS. The van der Waals surface area contributed by atoms with Gasteiger partial charge in [-0.15, -0.1) is 11.3 Å². The zero-order valence-electron chi connectivity index (χ0n) is 8.08. The van der Waals surface area contributed by atoms with Crippen LogP contribution in [0.1, 0.15) is 17.2 Å². The van der Waals surface area contributed by atoms with Gasteiger partial charge in [0.15, 0.2) is 0 Å². The quantitative estimate of drug-likeness (QED) is 0.713. The Kier molecular flexibility index (Phi) is 4.24. The second kappa shape index (κ2) is 5.31. The Morgan fingerprint density at radius 1 is 1.12 bits per heavy atom. The van der Waals surface area contributed by atoms with Crippen LogP contribution < -0.4 is 5.73 Å². The second-order valence-corrected chi connectivity index (χ2v) is 7.98. The summed E-state index contributed by atoms with van der Waals surface area (Å²) in [7, 11) is 0. The van der Waals surface area contributed by atoms with Crippen LogP contribution in [0.5, 0.6) is 0 Å². The summed E-state index contributed by atoms with van der Waals surface area (Å²) in [6.45, 7) is 0. The van der Waals surface area contributed by atoms with Gasteiger partial charge in [0, 0.05) is 4.47 Å². The first-order valence-corrected chi connectivity index (χ1v) is 7.73. The Labute approximate surface area is 123 Å². The van der Waals surface area contributed by atoms with Crippen LogP contribution in [-0.4, -0.2) is 0 Å². The van der Waals surface area contributed by atoms with E-state index < -0.39 is 0 Å². The van der Waals surface area contributed by atoms with Gasteiger partial charge < -0.3 is 5.73 Å². The Morgan fingerprint density at radius 3 is 2.44 bits per heavy atom. The summed E-state index contributed by atoms with van der Waals surface area (Å²) in [6, 6.07) is 10.0. The lowest BCUT2D eigenvalue weighted by atomic mass is 10.0. The fourth-order valence-corrected chi connectivity index (χ4v) is 4.79. The number of hydrogen-bond donors (Lipinski definition) is 1. The van der Waals surface area contributed by atoms with E-state index in [4.69, 9.17) is 5.73 Å². The minimum Gasteiger partial charge on any atom is -0.320 e. The largest absolute Gasteiger partial charge is 0.320 e. The van der Waals surface area contributed by atoms with E-state index in [9.17, 15) is 0 Å². The third-order valence-electron chi connectivity index (χ3n) is 2.23. The van der Waals surface area contributed by atoms with Gasteiger partial charge in [-0.25, -0.2) is 0 Å². The van der Waals surface area contributed by atoms with Crippen molar-refractivity contribution >= 4 is 59.1 Å². The number of rotatable bonds is 2. The van der Waals surface area contributed by atoms with Gasteiger partial charge in [0.25, 0.3) is 0 Å². The predicted molar refractivity (Wildman–Crippen MR) is 79.9 cm³/mol. The third kappa shape index (κ3) is 2.76. The molecule has 0 aliphatic rings. The molecule has 1 atom stereocenters. The molecule has 0 aliphatic heterocycles. The molecule has 0 saturated heterocycles. The van der Waals surface area contributed by atoms with E-state index in [1.807, 2.05) is 24.3 Å². The highest BCUT2D eigenvalue weighted by molar-refractivity contribution is 9.12. The maximum Gasteiger partial charge on any atom is 0.0761 e. The van der Waals surface area contributed by atoms with Crippen LogP contribution in [0.4, 0.5) is 0 Å². The molecule has 2 aromatic rings. The Bertz CT molecular complexity index is 510. The molecule has 1 nitrogen and oxygen atoms in total. The van der Waals surface area contributed by atoms with Crippen molar-refractivity contribution in [2.24, 2.45) is 5.73 Å². The monoisotopic (exact) mass is 423 g/mol. The van der Waals surface area contributed by atoms with Crippen molar-refractivity contribution in [3.8, 4) is 0 Å². The summed E-state index contributed by atoms with van der Waals surface area (Å²) in [5.41, 5.74) is 8.44. The molecule has 1 aromatic heterocycles. The fraction of sp³-hybridized carbons (Fsp3) is 0.0909. The number of hydrogen-bond acceptors (Lipinski definition) is 2. The van der Waals surface area contributed by atoms with Crippen LogP contribution in [0.15, 0.2) is 42.4 Å². The molecule has 1 unspecified atom stereocenters. The van der Waals surface area contributed by atoms with E-state index in [0.717, 1.165) is 23.2 Å². The molecule has 0 spiro atoms. The molecule has 2 rings (SSSR count). The molecule has 0 bridgehead atoms. The number of thiophene rings is 1. The van der Waals surface area contributed by atoms with Crippen molar-refractivity contribution in [3.63, 3.8) is 0 Å². The molecule has 0 aliphatic carbocycles. The lowest BCUT2D eigenvalue weighted by molar-refractivity contribution is 0.871. The molecule has 5 heteroatoms. The molecule has 1 aromatic carbocycles. The van der Waals surface area contributed by atoms with Gasteiger partial charge in [-0.1, -0.05) is 28.1 Å². The Balaban J connectivity index is 2.38. The Morgan fingerprint density at radius 2 is 1.88 bits per heavy atom. The fourth-order valence-electron chi connectivity index (χ4n) is 1.44. The first kappa shape index (κ1) is 12.8. The van der Waals surface area contributed by atoms with Gasteiger partial charge in [0.1, 0.15) is 0 Å². The first-order chi connectivity index (χ1) is 7.58. The molecule has 1 heterocycles. The number of halogens is 3. The van der Waals surface area contributed by atoms with E-state index in [0.29, 0.717) is 0 Å². The van der Waals surface area contributed by atoms with Crippen molar-refractivity contribution in [2.45, 2.75) is 6.04 Å². The van der Waals surface area contributed by atoms with Crippen LogP contribution in [0, 0.1) is 0 Å². The van der Waals surface area contributed by atoms with Crippen molar-refractivity contribution in [3.05, 3.63) is 53.5 Å². The summed E-state index contributed by atoms with van der Waals surface area (Å²) in [5.74, 6) is 0. The second-order valence-electron chi connectivity index (χ2n) is 3.31. The van der Waals surface area contributed by atoms with Gasteiger partial charge in [-0.05, 0) is 61.2 Å². The van der Waals surface area contributed by atoms with Crippen molar-refractivity contribution in [1.82, 2.24) is 0 Å². The summed E-state index contributed by atoms with van der Waals surface area (Å²) in [5, 5.41) is 0. The lowest BCUT2D eigenvalue weighted by Crippen LogP contribution is -2.11. The van der Waals surface area contributed by atoms with E-state index in [-0.39, 0.29) is 6.04 Å². The van der Waals surface area contributed by atoms with Crippen LogP contribution in [0.25, 0.3) is 0 Å². The van der Waals surface area contributed by atoms with Crippen LogP contribution >= 0.6 is 59.1 Å². The van der Waals surface area contributed by atoms with Crippen molar-refractivity contribution in [1.29, 1.82) is 0 Å². The molecule has 16 heavy (non-hydrogen) atoms. The van der Waals surface area contributed by atoms with E-state index in [1.54, 1.807) is 11.3 Å². The SMILES string of the molecule is NC(c1cccc(Br)c1)c1cc(Br)sc1Br. The number of nitrogens with two attached hydrogens (primary N) is 1. The molecule has 84 valence electrons. The zero-order chi connectivity index (χ0) is 11.7. The highest BCUT2D eigenvalue weighted by atomic mass is 79.9. The number of benzene rings is 1. The zero-order valence-corrected chi connectivity index (χ0v) is 13.7. The van der Waals surface area contributed by atoms with Gasteiger partial charge in [-0.3, -0.25) is 0 Å². The van der Waals surface area contributed by atoms with Gasteiger partial charge >= 0.3 is 0 Å².